The minimum atomic E-state index is -0.821. The lowest BCUT2D eigenvalue weighted by atomic mass is 10.1. The molecule has 0 aromatic heterocycles. The summed E-state index contributed by atoms with van der Waals surface area (Å²) in [7, 11) is 0. The van der Waals surface area contributed by atoms with E-state index in [1.165, 1.54) is 6.07 Å². The van der Waals surface area contributed by atoms with Crippen molar-refractivity contribution in [2.45, 2.75) is 6.42 Å². The van der Waals surface area contributed by atoms with Crippen LogP contribution in [0.2, 0.25) is 0 Å². The summed E-state index contributed by atoms with van der Waals surface area (Å²) in [5, 5.41) is 17.8. The van der Waals surface area contributed by atoms with E-state index in [-0.39, 0.29) is 0 Å². The van der Waals surface area contributed by atoms with Crippen LogP contribution in [0, 0.1) is 5.82 Å². The van der Waals surface area contributed by atoms with Crippen LogP contribution in [0.15, 0.2) is 12.1 Å². The van der Waals surface area contributed by atoms with Crippen LogP contribution in [0.25, 0.3) is 0 Å². The zero-order chi connectivity index (χ0) is 9.14. The summed E-state index contributed by atoms with van der Waals surface area (Å²) in [6.07, 6.45) is 0.477. The lowest BCUT2D eigenvalue weighted by Crippen LogP contribution is -2.02. The quantitative estimate of drug-likeness (QED) is 0.575. The van der Waals surface area contributed by atoms with Gasteiger partial charge in [-0.1, -0.05) is 0 Å². The van der Waals surface area contributed by atoms with Crippen LogP contribution in [0.4, 0.5) is 4.39 Å². The van der Waals surface area contributed by atoms with Crippen molar-refractivity contribution in [3.05, 3.63) is 23.5 Å². The van der Waals surface area contributed by atoms with Gasteiger partial charge in [-0.3, -0.25) is 0 Å². The molecule has 0 atom stereocenters. The molecule has 4 heteroatoms. The van der Waals surface area contributed by atoms with E-state index in [1.54, 1.807) is 0 Å². The van der Waals surface area contributed by atoms with Crippen molar-refractivity contribution in [3.8, 4) is 11.5 Å². The van der Waals surface area contributed by atoms with Gasteiger partial charge in [-0.2, -0.15) is 0 Å². The number of nitrogens with two attached hydrogens (primary N) is 1. The van der Waals surface area contributed by atoms with Crippen molar-refractivity contribution in [3.63, 3.8) is 0 Å². The topological polar surface area (TPSA) is 66.5 Å². The molecule has 4 N–H and O–H groups in total. The zero-order valence-corrected chi connectivity index (χ0v) is 6.42. The minimum Gasteiger partial charge on any atom is -0.504 e. The molecular formula is C8H10FNO2. The van der Waals surface area contributed by atoms with Crippen molar-refractivity contribution < 1.29 is 14.6 Å². The lowest BCUT2D eigenvalue weighted by Gasteiger charge is -2.02. The molecule has 66 valence electrons. The molecule has 1 aromatic carbocycles. The zero-order valence-electron chi connectivity index (χ0n) is 6.42. The Morgan fingerprint density at radius 2 is 2.00 bits per heavy atom. The molecule has 0 amide bonds. The largest absolute Gasteiger partial charge is 0.504 e. The van der Waals surface area contributed by atoms with Gasteiger partial charge in [0.2, 0.25) is 0 Å². The average Bonchev–Trinajstić information content (AvgIpc) is 2.01. The molecule has 12 heavy (non-hydrogen) atoms. The Kier molecular flexibility index (Phi) is 2.50. The fourth-order valence-corrected chi connectivity index (χ4v) is 0.950. The number of rotatable bonds is 2. The Hall–Kier alpha value is -1.29. The van der Waals surface area contributed by atoms with E-state index in [0.717, 1.165) is 6.07 Å². The van der Waals surface area contributed by atoms with Gasteiger partial charge < -0.3 is 15.9 Å². The first kappa shape index (κ1) is 8.80. The van der Waals surface area contributed by atoms with Gasteiger partial charge in [0.05, 0.1) is 0 Å². The number of aromatic hydroxyl groups is 2. The van der Waals surface area contributed by atoms with Crippen molar-refractivity contribution in [1.29, 1.82) is 0 Å². The Morgan fingerprint density at radius 3 is 2.50 bits per heavy atom. The van der Waals surface area contributed by atoms with Crippen molar-refractivity contribution in [2.24, 2.45) is 5.73 Å². The van der Waals surface area contributed by atoms with E-state index in [1.807, 2.05) is 0 Å². The Labute approximate surface area is 69.3 Å². The van der Waals surface area contributed by atoms with Crippen LogP contribution in [-0.4, -0.2) is 16.8 Å². The van der Waals surface area contributed by atoms with Crippen LogP contribution in [0.3, 0.4) is 0 Å². The average molecular weight is 171 g/mol. The van der Waals surface area contributed by atoms with Crippen LogP contribution in [-0.2, 0) is 6.42 Å². The minimum absolute atomic E-state index is 0.379. The van der Waals surface area contributed by atoms with E-state index in [2.05, 4.69) is 0 Å². The summed E-state index contributed by atoms with van der Waals surface area (Å²) in [5.74, 6) is -1.98. The van der Waals surface area contributed by atoms with Crippen LogP contribution in [0.1, 0.15) is 5.56 Å². The van der Waals surface area contributed by atoms with E-state index < -0.39 is 17.3 Å². The van der Waals surface area contributed by atoms with Crippen molar-refractivity contribution in [2.75, 3.05) is 6.54 Å². The second kappa shape index (κ2) is 3.40. The SMILES string of the molecule is NCCc1cc(O)c(O)c(F)c1. The number of benzene rings is 1. The standard InChI is InChI=1S/C8H10FNO2/c9-6-3-5(1-2-10)4-7(11)8(6)12/h3-4,11-12H,1-2,10H2. The smallest absolute Gasteiger partial charge is 0.194 e. The van der Waals surface area contributed by atoms with E-state index in [0.29, 0.717) is 18.5 Å². The molecule has 1 rings (SSSR count). The van der Waals surface area contributed by atoms with Gasteiger partial charge in [0.15, 0.2) is 17.3 Å². The Balaban J connectivity index is 3.04. The molecule has 0 fully saturated rings. The summed E-state index contributed by atoms with van der Waals surface area (Å²) in [5.41, 5.74) is 5.81. The number of halogens is 1. The van der Waals surface area contributed by atoms with Crippen LogP contribution >= 0.6 is 0 Å². The van der Waals surface area contributed by atoms with E-state index in [4.69, 9.17) is 15.9 Å². The molecule has 0 aliphatic rings. The molecule has 1 aromatic rings. The van der Waals surface area contributed by atoms with Gasteiger partial charge in [0, 0.05) is 0 Å². The number of hydrogen-bond acceptors (Lipinski definition) is 3. The fourth-order valence-electron chi connectivity index (χ4n) is 0.950. The monoisotopic (exact) mass is 171 g/mol. The number of phenols is 2. The van der Waals surface area contributed by atoms with E-state index in [9.17, 15) is 4.39 Å². The summed E-state index contributed by atoms with van der Waals surface area (Å²) >= 11 is 0. The summed E-state index contributed by atoms with van der Waals surface area (Å²) < 4.78 is 12.7. The molecular weight excluding hydrogens is 161 g/mol. The number of hydrogen-bond donors (Lipinski definition) is 3. The molecule has 0 aliphatic heterocycles. The molecule has 0 spiro atoms. The molecule has 0 saturated carbocycles. The van der Waals surface area contributed by atoms with Gasteiger partial charge in [0.1, 0.15) is 0 Å². The van der Waals surface area contributed by atoms with Crippen molar-refractivity contribution in [1.82, 2.24) is 0 Å². The Bertz CT molecular complexity index is 265. The van der Waals surface area contributed by atoms with Gasteiger partial charge in [-0.15, -0.1) is 0 Å². The highest BCUT2D eigenvalue weighted by molar-refractivity contribution is 5.41. The maximum atomic E-state index is 12.7. The molecule has 0 radical (unpaired) electrons. The molecule has 0 aliphatic carbocycles. The second-order valence-electron chi connectivity index (χ2n) is 2.48. The van der Waals surface area contributed by atoms with Crippen LogP contribution in [0.5, 0.6) is 11.5 Å². The highest BCUT2D eigenvalue weighted by Crippen LogP contribution is 2.28. The molecule has 0 bridgehead atoms. The van der Waals surface area contributed by atoms with E-state index >= 15 is 0 Å². The summed E-state index contributed by atoms with van der Waals surface area (Å²) in [6, 6.07) is 2.45. The summed E-state index contributed by atoms with van der Waals surface area (Å²) in [6.45, 7) is 0.379. The number of phenolic OH excluding ortho intramolecular Hbond substituents is 2. The van der Waals surface area contributed by atoms with Gasteiger partial charge in [0.25, 0.3) is 0 Å². The first-order chi connectivity index (χ1) is 5.65. The predicted molar refractivity (Wildman–Crippen MR) is 42.5 cm³/mol. The molecule has 0 heterocycles. The maximum Gasteiger partial charge on any atom is 0.194 e. The van der Waals surface area contributed by atoms with Gasteiger partial charge in [-0.25, -0.2) is 4.39 Å². The first-order valence-corrected chi connectivity index (χ1v) is 3.55. The third-order valence-electron chi connectivity index (χ3n) is 1.54. The van der Waals surface area contributed by atoms with Crippen LogP contribution < -0.4 is 5.73 Å². The maximum absolute atomic E-state index is 12.7. The highest BCUT2D eigenvalue weighted by Gasteiger charge is 2.07. The van der Waals surface area contributed by atoms with Crippen molar-refractivity contribution >= 4 is 0 Å². The third kappa shape index (κ3) is 1.65. The predicted octanol–water partition coefficient (Wildman–Crippen LogP) is 0.738. The lowest BCUT2D eigenvalue weighted by molar-refractivity contribution is 0.378. The Morgan fingerprint density at radius 1 is 1.33 bits per heavy atom. The normalized spacial score (nSPS) is 10.2. The van der Waals surface area contributed by atoms with Gasteiger partial charge >= 0.3 is 0 Å². The molecule has 0 saturated heterocycles. The van der Waals surface area contributed by atoms with Gasteiger partial charge in [-0.05, 0) is 30.7 Å². The fraction of sp³-hybridized carbons (Fsp3) is 0.250. The molecule has 3 nitrogen and oxygen atoms in total. The summed E-state index contributed by atoms with van der Waals surface area (Å²) in [4.78, 5) is 0. The molecule has 0 unspecified atom stereocenters. The second-order valence-corrected chi connectivity index (χ2v) is 2.48. The first-order valence-electron chi connectivity index (χ1n) is 3.55. The highest BCUT2D eigenvalue weighted by atomic mass is 19.1. The third-order valence-corrected chi connectivity index (χ3v) is 1.54.